The Labute approximate surface area is 111 Å². The fourth-order valence-corrected chi connectivity index (χ4v) is 2.45. The van der Waals surface area contributed by atoms with E-state index in [9.17, 15) is 4.57 Å². The molecule has 0 spiro atoms. The molecule has 0 fully saturated rings. The zero-order valence-electron chi connectivity index (χ0n) is 10.4. The fraction of sp³-hybridized carbons (Fsp3) is 0.636. The van der Waals surface area contributed by atoms with Crippen LogP contribution in [0.25, 0.3) is 0 Å². The maximum atomic E-state index is 11.0. The van der Waals surface area contributed by atoms with Crippen molar-refractivity contribution in [1.82, 2.24) is 0 Å². The Morgan fingerprint density at radius 1 is 1.21 bits per heavy atom. The Kier molecular flexibility index (Phi) is 6.35. The number of hydrogen-bond donors (Lipinski definition) is 4. The van der Waals surface area contributed by atoms with E-state index in [1.807, 2.05) is 0 Å². The summed E-state index contributed by atoms with van der Waals surface area (Å²) in [6, 6.07) is 0. The molecule has 0 bridgehead atoms. The molecule has 0 atom stereocenters. The second kappa shape index (κ2) is 7.31. The lowest BCUT2D eigenvalue weighted by Gasteiger charge is -2.32. The van der Waals surface area contributed by atoms with Crippen molar-refractivity contribution in [3.63, 3.8) is 0 Å². The van der Waals surface area contributed by atoms with Crippen molar-refractivity contribution in [2.24, 2.45) is 0 Å². The van der Waals surface area contributed by atoms with E-state index in [0.29, 0.717) is 12.0 Å². The standard InChI is InChI=1S/C11H19O7P/c12-4-6-17-11(18-7-5-13)3-1-2-10(8-11)9-19(14,15)16/h1-2,8,12-13H,3-7,9H2,(H2,14,15,16). The predicted molar refractivity (Wildman–Crippen MR) is 67.6 cm³/mol. The molecule has 0 radical (unpaired) electrons. The number of allylic oxidation sites excluding steroid dienone is 2. The molecule has 0 amide bonds. The van der Waals surface area contributed by atoms with Crippen LogP contribution in [-0.4, -0.2) is 58.4 Å². The van der Waals surface area contributed by atoms with Gasteiger partial charge in [-0.25, -0.2) is 0 Å². The molecule has 1 rings (SSSR count). The van der Waals surface area contributed by atoms with Crippen LogP contribution in [0.15, 0.2) is 23.8 Å². The molecule has 0 heterocycles. The van der Waals surface area contributed by atoms with Gasteiger partial charge in [0.05, 0.1) is 32.6 Å². The average Bonchev–Trinajstić information content (AvgIpc) is 2.32. The van der Waals surface area contributed by atoms with Crippen LogP contribution < -0.4 is 0 Å². The summed E-state index contributed by atoms with van der Waals surface area (Å²) in [5.41, 5.74) is 0.399. The molecule has 1 aliphatic rings. The highest BCUT2D eigenvalue weighted by atomic mass is 31.2. The lowest BCUT2D eigenvalue weighted by atomic mass is 10.0. The fourth-order valence-electron chi connectivity index (χ4n) is 1.78. The van der Waals surface area contributed by atoms with Gasteiger partial charge in [0.1, 0.15) is 0 Å². The third-order valence-corrected chi connectivity index (χ3v) is 3.18. The Bertz CT molecular complexity index is 377. The van der Waals surface area contributed by atoms with Crippen molar-refractivity contribution in [3.8, 4) is 0 Å². The molecule has 110 valence electrons. The van der Waals surface area contributed by atoms with Crippen molar-refractivity contribution >= 4 is 7.60 Å². The van der Waals surface area contributed by atoms with E-state index in [4.69, 9.17) is 29.5 Å². The molecule has 0 aromatic rings. The van der Waals surface area contributed by atoms with E-state index in [1.54, 1.807) is 12.2 Å². The molecule has 4 N–H and O–H groups in total. The summed E-state index contributed by atoms with van der Waals surface area (Å²) in [5, 5.41) is 17.6. The summed E-state index contributed by atoms with van der Waals surface area (Å²) in [6.45, 7) is -0.344. The van der Waals surface area contributed by atoms with Crippen molar-refractivity contribution in [1.29, 1.82) is 0 Å². The molecule has 0 saturated carbocycles. The van der Waals surface area contributed by atoms with Crippen LogP contribution in [0.5, 0.6) is 0 Å². The van der Waals surface area contributed by atoms with E-state index >= 15 is 0 Å². The summed E-state index contributed by atoms with van der Waals surface area (Å²) < 4.78 is 21.8. The first kappa shape index (κ1) is 16.5. The van der Waals surface area contributed by atoms with Crippen LogP contribution in [0.1, 0.15) is 6.42 Å². The first-order valence-electron chi connectivity index (χ1n) is 5.83. The lowest BCUT2D eigenvalue weighted by molar-refractivity contribution is -0.210. The molecule has 1 aliphatic carbocycles. The minimum Gasteiger partial charge on any atom is -0.394 e. The van der Waals surface area contributed by atoms with Gasteiger partial charge in [-0.15, -0.1) is 0 Å². The van der Waals surface area contributed by atoms with Crippen molar-refractivity contribution < 1.29 is 34.0 Å². The number of hydrogen-bond acceptors (Lipinski definition) is 5. The van der Waals surface area contributed by atoms with E-state index in [0.717, 1.165) is 0 Å². The summed E-state index contributed by atoms with van der Waals surface area (Å²) >= 11 is 0. The van der Waals surface area contributed by atoms with Crippen LogP contribution in [0.2, 0.25) is 0 Å². The van der Waals surface area contributed by atoms with Crippen LogP contribution in [0.4, 0.5) is 0 Å². The van der Waals surface area contributed by atoms with Crippen LogP contribution in [0.3, 0.4) is 0 Å². The summed E-state index contributed by atoms with van der Waals surface area (Å²) in [4.78, 5) is 17.9. The second-order valence-electron chi connectivity index (χ2n) is 4.10. The van der Waals surface area contributed by atoms with Crippen LogP contribution in [0, 0.1) is 0 Å². The molecule has 8 heteroatoms. The van der Waals surface area contributed by atoms with Crippen molar-refractivity contribution in [2.45, 2.75) is 12.2 Å². The van der Waals surface area contributed by atoms with Crippen molar-refractivity contribution in [2.75, 3.05) is 32.6 Å². The smallest absolute Gasteiger partial charge is 0.329 e. The maximum absolute atomic E-state index is 11.0. The largest absolute Gasteiger partial charge is 0.394 e. The Morgan fingerprint density at radius 2 is 1.79 bits per heavy atom. The molecule has 0 aromatic heterocycles. The first-order chi connectivity index (χ1) is 8.91. The van der Waals surface area contributed by atoms with Gasteiger partial charge in [-0.05, 0) is 11.6 Å². The molecule has 0 aromatic carbocycles. The third-order valence-electron chi connectivity index (χ3n) is 2.40. The average molecular weight is 294 g/mol. The Hall–Kier alpha value is -0.530. The third kappa shape index (κ3) is 5.97. The van der Waals surface area contributed by atoms with E-state index < -0.39 is 19.5 Å². The molecular weight excluding hydrogens is 275 g/mol. The van der Waals surface area contributed by atoms with Gasteiger partial charge in [0.2, 0.25) is 0 Å². The minimum atomic E-state index is -4.17. The van der Waals surface area contributed by atoms with E-state index in [1.165, 1.54) is 6.08 Å². The normalized spacial score (nSPS) is 18.4. The monoisotopic (exact) mass is 294 g/mol. The van der Waals surface area contributed by atoms with Crippen LogP contribution >= 0.6 is 7.60 Å². The molecule has 0 unspecified atom stereocenters. The highest BCUT2D eigenvalue weighted by molar-refractivity contribution is 7.52. The van der Waals surface area contributed by atoms with Gasteiger partial charge in [0.15, 0.2) is 5.79 Å². The van der Waals surface area contributed by atoms with Gasteiger partial charge in [0.25, 0.3) is 0 Å². The van der Waals surface area contributed by atoms with Gasteiger partial charge in [0, 0.05) is 6.42 Å². The Morgan fingerprint density at radius 3 is 2.26 bits per heavy atom. The number of ether oxygens (including phenoxy) is 2. The zero-order chi connectivity index (χ0) is 14.4. The highest BCUT2D eigenvalue weighted by Crippen LogP contribution is 2.39. The molecule has 7 nitrogen and oxygen atoms in total. The van der Waals surface area contributed by atoms with Gasteiger partial charge >= 0.3 is 7.60 Å². The summed E-state index contributed by atoms with van der Waals surface area (Å²) in [5.74, 6) is -1.19. The molecular formula is C11H19O7P. The highest BCUT2D eigenvalue weighted by Gasteiger charge is 2.32. The zero-order valence-corrected chi connectivity index (χ0v) is 11.3. The SMILES string of the molecule is O=P(O)(O)CC1=CC(OCCO)(OCCO)CC=C1. The predicted octanol–water partition coefficient (Wildman–Crippen LogP) is -0.236. The quantitative estimate of drug-likeness (QED) is 0.361. The minimum absolute atomic E-state index is 0.0267. The second-order valence-corrected chi connectivity index (χ2v) is 5.75. The number of aliphatic hydroxyl groups excluding tert-OH is 2. The Balaban J connectivity index is 2.84. The van der Waals surface area contributed by atoms with Gasteiger partial charge in [-0.2, -0.15) is 0 Å². The summed E-state index contributed by atoms with van der Waals surface area (Å²) in [6.07, 6.45) is 4.70. The molecule has 0 aliphatic heterocycles. The molecule has 19 heavy (non-hydrogen) atoms. The van der Waals surface area contributed by atoms with Crippen LogP contribution in [-0.2, 0) is 14.0 Å². The topological polar surface area (TPSA) is 116 Å². The summed E-state index contributed by atoms with van der Waals surface area (Å²) in [7, 11) is -4.17. The molecule has 0 saturated heterocycles. The van der Waals surface area contributed by atoms with Gasteiger partial charge < -0.3 is 29.5 Å². The first-order valence-corrected chi connectivity index (χ1v) is 7.63. The van der Waals surface area contributed by atoms with Gasteiger partial charge in [-0.1, -0.05) is 12.2 Å². The van der Waals surface area contributed by atoms with E-state index in [2.05, 4.69) is 0 Å². The maximum Gasteiger partial charge on any atom is 0.329 e. The lowest BCUT2D eigenvalue weighted by Crippen LogP contribution is -2.37. The van der Waals surface area contributed by atoms with E-state index in [-0.39, 0.29) is 26.4 Å². The number of aliphatic hydroxyl groups is 2. The van der Waals surface area contributed by atoms with Crippen molar-refractivity contribution in [3.05, 3.63) is 23.8 Å². The van der Waals surface area contributed by atoms with Gasteiger partial charge in [-0.3, -0.25) is 4.57 Å². The number of rotatable bonds is 8.